The first-order valence-corrected chi connectivity index (χ1v) is 8.18. The third kappa shape index (κ3) is 3.23. The Balaban J connectivity index is 2.61. The summed E-state index contributed by atoms with van der Waals surface area (Å²) in [6.45, 7) is 0.832. The van der Waals surface area contributed by atoms with Crippen molar-refractivity contribution in [3.05, 3.63) is 59.1 Å². The molecule has 0 atom stereocenters. The Bertz CT molecular complexity index is 790. The molecule has 0 saturated heterocycles. The second kappa shape index (κ2) is 6.37. The van der Waals surface area contributed by atoms with Gasteiger partial charge >= 0.3 is 0 Å². The van der Waals surface area contributed by atoms with Crippen LogP contribution in [-0.4, -0.2) is 20.9 Å². The maximum Gasteiger partial charge on any atom is 0.264 e. The SMILES string of the molecule is Cc1c(Cl)cccc1N(CC(=O)[O-])S(=O)(=O)c1ccccc1. The summed E-state index contributed by atoms with van der Waals surface area (Å²) >= 11 is 6.01. The van der Waals surface area contributed by atoms with Crippen molar-refractivity contribution in [1.29, 1.82) is 0 Å². The summed E-state index contributed by atoms with van der Waals surface area (Å²) in [5.41, 5.74) is 0.686. The van der Waals surface area contributed by atoms with E-state index in [0.717, 1.165) is 4.31 Å². The Morgan fingerprint density at radius 1 is 1.14 bits per heavy atom. The minimum Gasteiger partial charge on any atom is -0.548 e. The highest BCUT2D eigenvalue weighted by Gasteiger charge is 2.26. The van der Waals surface area contributed by atoms with Crippen molar-refractivity contribution >= 4 is 33.3 Å². The average Bonchev–Trinajstić information content (AvgIpc) is 2.48. The number of hydrogen-bond acceptors (Lipinski definition) is 4. The van der Waals surface area contributed by atoms with Crippen LogP contribution in [0.5, 0.6) is 0 Å². The maximum absolute atomic E-state index is 12.7. The predicted octanol–water partition coefficient (Wildman–Crippen LogP) is 1.59. The lowest BCUT2D eigenvalue weighted by Crippen LogP contribution is -2.42. The molecule has 0 fully saturated rings. The molecular weight excluding hydrogens is 326 g/mol. The predicted molar refractivity (Wildman–Crippen MR) is 82.2 cm³/mol. The van der Waals surface area contributed by atoms with E-state index in [2.05, 4.69) is 0 Å². The highest BCUT2D eigenvalue weighted by atomic mass is 35.5. The number of hydrogen-bond donors (Lipinski definition) is 0. The fourth-order valence-corrected chi connectivity index (χ4v) is 3.66. The lowest BCUT2D eigenvalue weighted by atomic mass is 10.2. The van der Waals surface area contributed by atoms with Crippen molar-refractivity contribution in [3.63, 3.8) is 0 Å². The zero-order valence-corrected chi connectivity index (χ0v) is 13.3. The number of sulfonamides is 1. The third-order valence-electron chi connectivity index (χ3n) is 3.11. The average molecular weight is 339 g/mol. The van der Waals surface area contributed by atoms with E-state index in [1.54, 1.807) is 37.3 Å². The second-order valence-electron chi connectivity index (χ2n) is 4.58. The van der Waals surface area contributed by atoms with Gasteiger partial charge in [-0.1, -0.05) is 35.9 Å². The molecule has 0 aliphatic heterocycles. The molecule has 0 bridgehead atoms. The molecule has 2 rings (SSSR count). The van der Waals surface area contributed by atoms with E-state index in [4.69, 9.17) is 11.6 Å². The highest BCUT2D eigenvalue weighted by molar-refractivity contribution is 7.92. The van der Waals surface area contributed by atoms with Gasteiger partial charge in [0.15, 0.2) is 0 Å². The van der Waals surface area contributed by atoms with Crippen LogP contribution in [0.2, 0.25) is 5.02 Å². The molecule has 2 aromatic rings. The van der Waals surface area contributed by atoms with Crippen LogP contribution in [0.1, 0.15) is 5.56 Å². The Kier molecular flexibility index (Phi) is 4.73. The van der Waals surface area contributed by atoms with Gasteiger partial charge in [0, 0.05) is 5.02 Å². The summed E-state index contributed by atoms with van der Waals surface area (Å²) < 4.78 is 26.2. The summed E-state index contributed by atoms with van der Waals surface area (Å²) in [7, 11) is -4.03. The minimum atomic E-state index is -4.03. The van der Waals surface area contributed by atoms with Crippen LogP contribution in [0.25, 0.3) is 0 Å². The summed E-state index contributed by atoms with van der Waals surface area (Å²) in [5.74, 6) is -1.50. The smallest absolute Gasteiger partial charge is 0.264 e. The number of aliphatic carboxylic acids is 1. The largest absolute Gasteiger partial charge is 0.548 e. The topological polar surface area (TPSA) is 77.5 Å². The number of rotatable bonds is 5. The second-order valence-corrected chi connectivity index (χ2v) is 6.85. The van der Waals surface area contributed by atoms with Crippen LogP contribution in [0.3, 0.4) is 0 Å². The molecule has 0 N–H and O–H groups in total. The van der Waals surface area contributed by atoms with E-state index in [-0.39, 0.29) is 10.6 Å². The molecule has 0 aromatic heterocycles. The van der Waals surface area contributed by atoms with Crippen molar-refractivity contribution in [1.82, 2.24) is 0 Å². The standard InChI is InChI=1S/C15H14ClNO4S/c1-11-13(16)8-5-9-14(11)17(10-15(18)19)22(20,21)12-6-3-2-4-7-12/h2-9H,10H2,1H3,(H,18,19)/p-1. The summed E-state index contributed by atoms with van der Waals surface area (Å²) in [4.78, 5) is 11.0. The van der Waals surface area contributed by atoms with Gasteiger partial charge in [-0.05, 0) is 36.8 Å². The first kappa shape index (κ1) is 16.3. The summed E-state index contributed by atoms with van der Waals surface area (Å²) in [6.07, 6.45) is 0. The maximum atomic E-state index is 12.7. The molecule has 7 heteroatoms. The fourth-order valence-electron chi connectivity index (χ4n) is 2.00. The lowest BCUT2D eigenvalue weighted by Gasteiger charge is -2.26. The molecule has 0 spiro atoms. The number of anilines is 1. The monoisotopic (exact) mass is 338 g/mol. The van der Waals surface area contributed by atoms with Crippen LogP contribution in [-0.2, 0) is 14.8 Å². The van der Waals surface area contributed by atoms with Gasteiger partial charge in [0.05, 0.1) is 23.1 Å². The molecule has 0 saturated carbocycles. The van der Waals surface area contributed by atoms with Crippen molar-refractivity contribution in [2.45, 2.75) is 11.8 Å². The first-order chi connectivity index (χ1) is 10.3. The molecule has 22 heavy (non-hydrogen) atoms. The first-order valence-electron chi connectivity index (χ1n) is 6.37. The summed E-state index contributed by atoms with van der Waals surface area (Å²) in [6, 6.07) is 12.3. The number of carboxylic acids is 1. The molecule has 116 valence electrons. The van der Waals surface area contributed by atoms with E-state index in [0.29, 0.717) is 10.6 Å². The van der Waals surface area contributed by atoms with Crippen molar-refractivity contribution in [3.8, 4) is 0 Å². The van der Waals surface area contributed by atoms with E-state index < -0.39 is 22.5 Å². The number of halogens is 1. The molecular formula is C15H13ClNO4S-. The Morgan fingerprint density at radius 2 is 1.77 bits per heavy atom. The molecule has 2 aromatic carbocycles. The summed E-state index contributed by atoms with van der Waals surface area (Å²) in [5, 5.41) is 11.4. The number of carbonyl (C=O) groups is 1. The van der Waals surface area contributed by atoms with Gasteiger partial charge in [0.25, 0.3) is 10.0 Å². The molecule has 0 amide bonds. The Morgan fingerprint density at radius 3 is 2.36 bits per heavy atom. The molecule has 0 radical (unpaired) electrons. The number of nitrogens with zero attached hydrogens (tertiary/aromatic N) is 1. The van der Waals surface area contributed by atoms with Crippen LogP contribution in [0, 0.1) is 6.92 Å². The van der Waals surface area contributed by atoms with E-state index in [9.17, 15) is 18.3 Å². The number of carbonyl (C=O) groups excluding carboxylic acids is 1. The van der Waals surface area contributed by atoms with Crippen LogP contribution in [0.4, 0.5) is 5.69 Å². The number of benzene rings is 2. The molecule has 5 nitrogen and oxygen atoms in total. The van der Waals surface area contributed by atoms with Gasteiger partial charge in [-0.3, -0.25) is 4.31 Å². The molecule has 0 aliphatic rings. The van der Waals surface area contributed by atoms with Crippen LogP contribution in [0.15, 0.2) is 53.4 Å². The normalized spacial score (nSPS) is 11.2. The highest BCUT2D eigenvalue weighted by Crippen LogP contribution is 2.30. The van der Waals surface area contributed by atoms with E-state index in [1.165, 1.54) is 18.2 Å². The Hall–Kier alpha value is -2.05. The van der Waals surface area contributed by atoms with Gasteiger partial charge in [0.2, 0.25) is 0 Å². The number of carboxylic acid groups (broad SMARTS) is 1. The zero-order chi connectivity index (χ0) is 16.3. The van der Waals surface area contributed by atoms with Gasteiger partial charge in [-0.2, -0.15) is 0 Å². The molecule has 0 unspecified atom stereocenters. The minimum absolute atomic E-state index is 0.00405. The van der Waals surface area contributed by atoms with Gasteiger partial charge in [-0.25, -0.2) is 8.42 Å². The van der Waals surface area contributed by atoms with Gasteiger partial charge in [0.1, 0.15) is 0 Å². The molecule has 0 heterocycles. The fraction of sp³-hybridized carbons (Fsp3) is 0.133. The van der Waals surface area contributed by atoms with Gasteiger partial charge in [-0.15, -0.1) is 0 Å². The zero-order valence-electron chi connectivity index (χ0n) is 11.7. The van der Waals surface area contributed by atoms with Crippen LogP contribution < -0.4 is 9.41 Å². The van der Waals surface area contributed by atoms with E-state index >= 15 is 0 Å². The lowest BCUT2D eigenvalue weighted by molar-refractivity contribution is -0.303. The van der Waals surface area contributed by atoms with E-state index in [1.807, 2.05) is 0 Å². The van der Waals surface area contributed by atoms with Crippen molar-refractivity contribution < 1.29 is 18.3 Å². The Labute approximate surface area is 133 Å². The third-order valence-corrected chi connectivity index (χ3v) is 5.30. The van der Waals surface area contributed by atoms with Crippen LogP contribution >= 0.6 is 11.6 Å². The van der Waals surface area contributed by atoms with Crippen molar-refractivity contribution in [2.75, 3.05) is 10.8 Å². The quantitative estimate of drug-likeness (QED) is 0.829. The van der Waals surface area contributed by atoms with Crippen molar-refractivity contribution in [2.24, 2.45) is 0 Å². The van der Waals surface area contributed by atoms with Gasteiger partial charge < -0.3 is 9.90 Å². The molecule has 0 aliphatic carbocycles.